The van der Waals surface area contributed by atoms with Gasteiger partial charge in [0, 0.05) is 0 Å². The van der Waals surface area contributed by atoms with E-state index >= 15 is 0 Å². The largest absolute Gasteiger partial charge is 3.00 e. The second-order valence-corrected chi connectivity index (χ2v) is 0. The molecule has 0 aliphatic rings. The van der Waals surface area contributed by atoms with E-state index in [4.69, 9.17) is 0 Å². The first-order valence-electron chi connectivity index (χ1n) is 0. The van der Waals surface area contributed by atoms with Gasteiger partial charge < -0.3 is 49.3 Å². The van der Waals surface area contributed by atoms with Crippen LogP contribution in [0.3, 0.4) is 0 Å². The minimum Gasteiger partial charge on any atom is -2.00 e. The van der Waals surface area contributed by atoms with Crippen LogP contribution in [0.4, 0.5) is 0 Å². The summed E-state index contributed by atoms with van der Waals surface area (Å²) >= 11 is 0. The molecule has 0 N–H and O–H groups in total. The summed E-state index contributed by atoms with van der Waals surface area (Å²) < 4.78 is 0. The second kappa shape index (κ2) is 208. The molecular weight excluding hydrogens is 848 g/mol. The van der Waals surface area contributed by atoms with E-state index in [2.05, 4.69) is 0 Å². The summed E-state index contributed by atoms with van der Waals surface area (Å²) in [7, 11) is 0. The first-order chi connectivity index (χ1) is 0. The van der Waals surface area contributed by atoms with Crippen LogP contribution < -0.4 is 0 Å². The Morgan fingerprint density at radius 2 is 0.200 bits per heavy atom. The summed E-state index contributed by atoms with van der Waals surface area (Å²) in [6, 6.07) is 0. The van der Waals surface area contributed by atoms with Crippen molar-refractivity contribution in [2.75, 3.05) is 0 Å². The van der Waals surface area contributed by atoms with Crippen LogP contribution in [0, 0.1) is 153 Å². The molecule has 0 aromatic rings. The molecule has 0 aliphatic heterocycles. The Labute approximate surface area is 231 Å². The van der Waals surface area contributed by atoms with Crippen LogP contribution in [0.25, 0.3) is 0 Å². The smallest absolute Gasteiger partial charge is 2.00 e. The Morgan fingerprint density at radius 1 is 0.200 bits per heavy atom. The molecule has 4 radical (unpaired) electrons. The van der Waals surface area contributed by atoms with Gasteiger partial charge in [0.05, 0.1) is 0 Å². The molecular formula is Al2Dy4O9. The average Bonchev–Trinajstić information content (AvgIpc) is 0. The summed E-state index contributed by atoms with van der Waals surface area (Å²) in [4.78, 5) is 0. The minimum absolute atomic E-state index is 0. The Kier molecular flexibility index (Phi) is 3370. The van der Waals surface area contributed by atoms with Crippen molar-refractivity contribution in [1.29, 1.82) is 0 Å². The van der Waals surface area contributed by atoms with Crippen LogP contribution in [-0.2, 0) is 49.3 Å². The molecule has 0 amide bonds. The van der Waals surface area contributed by atoms with E-state index < -0.39 is 0 Å². The molecule has 0 spiro atoms. The standard InChI is InChI=1S/2Al.4Dy.9O/q6*+3;9*-2. The van der Waals surface area contributed by atoms with Gasteiger partial charge in [-0.25, -0.2) is 0 Å². The first-order valence-corrected chi connectivity index (χ1v) is 0. The van der Waals surface area contributed by atoms with Crippen molar-refractivity contribution < 1.29 is 202 Å². The van der Waals surface area contributed by atoms with E-state index in [1.807, 2.05) is 0 Å². The Hall–Kier alpha value is 5.80. The van der Waals surface area contributed by atoms with Crippen LogP contribution in [0.1, 0.15) is 0 Å². The maximum atomic E-state index is 0. The third-order valence-electron chi connectivity index (χ3n) is 0. The maximum Gasteiger partial charge on any atom is 3.00 e. The van der Waals surface area contributed by atoms with E-state index in [-0.39, 0.29) is 237 Å². The SMILES string of the molecule is [Al+3].[Al+3].[Dy+3].[Dy+3].[Dy+3].[Dy+3].[O-2].[O-2].[O-2].[O-2].[O-2].[O-2].[O-2].[O-2].[O-2]. The Morgan fingerprint density at radius 3 is 0.200 bits per heavy atom. The van der Waals surface area contributed by atoms with E-state index in [0.29, 0.717) is 0 Å². The molecule has 0 bridgehead atoms. The zero-order chi connectivity index (χ0) is 0. The zero-order valence-corrected chi connectivity index (χ0v) is 16.5. The molecule has 0 unspecified atom stereocenters. The van der Waals surface area contributed by atoms with E-state index in [9.17, 15) is 0 Å². The fraction of sp³-hybridized carbons (Fsp3) is 0. The van der Waals surface area contributed by atoms with Crippen molar-refractivity contribution >= 4 is 34.7 Å². The van der Waals surface area contributed by atoms with Crippen LogP contribution in [-0.4, -0.2) is 34.7 Å². The van der Waals surface area contributed by atoms with E-state index in [1.54, 1.807) is 0 Å². The predicted molar refractivity (Wildman–Crippen MR) is 17.7 cm³/mol. The van der Waals surface area contributed by atoms with Gasteiger partial charge in [0.25, 0.3) is 0 Å². The van der Waals surface area contributed by atoms with E-state index in [0.717, 1.165) is 0 Å². The fourth-order valence-electron chi connectivity index (χ4n) is 0. The molecule has 0 aromatic heterocycles. The van der Waals surface area contributed by atoms with Gasteiger partial charge in [-0.1, -0.05) is 0 Å². The van der Waals surface area contributed by atoms with Crippen molar-refractivity contribution in [1.82, 2.24) is 0 Å². The molecule has 0 saturated heterocycles. The number of rotatable bonds is 0. The third-order valence-corrected chi connectivity index (χ3v) is 0. The maximum absolute atomic E-state index is 0. The van der Waals surface area contributed by atoms with Gasteiger partial charge in [-0.05, 0) is 0 Å². The van der Waals surface area contributed by atoms with E-state index in [1.165, 1.54) is 0 Å². The van der Waals surface area contributed by atoms with Gasteiger partial charge in [0.15, 0.2) is 0 Å². The molecule has 0 saturated carbocycles. The van der Waals surface area contributed by atoms with Gasteiger partial charge in [-0.2, -0.15) is 0 Å². The normalized spacial score (nSPS) is 0. The number of hydrogen-bond acceptors (Lipinski definition) is 0. The van der Waals surface area contributed by atoms with Crippen molar-refractivity contribution in [3.8, 4) is 0 Å². The number of hydrogen-bond donors (Lipinski definition) is 0. The third kappa shape index (κ3) is 187. The van der Waals surface area contributed by atoms with Crippen LogP contribution in [0.2, 0.25) is 0 Å². The molecule has 0 aliphatic carbocycles. The summed E-state index contributed by atoms with van der Waals surface area (Å²) in [5.74, 6) is 0. The van der Waals surface area contributed by atoms with Crippen LogP contribution >= 0.6 is 0 Å². The monoisotopic (exact) mass is 854 g/mol. The minimum atomic E-state index is 0. The Bertz CT molecular complexity index is 20.1. The molecule has 9 nitrogen and oxygen atoms in total. The average molecular weight is 848 g/mol. The molecule has 0 fully saturated rings. The van der Waals surface area contributed by atoms with Crippen molar-refractivity contribution in [3.05, 3.63) is 0 Å². The zero-order valence-electron chi connectivity index (χ0n) is 6.09. The first kappa shape index (κ1) is 243. The Balaban J connectivity index is 0. The summed E-state index contributed by atoms with van der Waals surface area (Å²) in [6.45, 7) is 0. The quantitative estimate of drug-likeness (QED) is 0.244. The van der Waals surface area contributed by atoms with Crippen LogP contribution in [0.15, 0.2) is 0 Å². The summed E-state index contributed by atoms with van der Waals surface area (Å²) in [5.41, 5.74) is 0. The van der Waals surface area contributed by atoms with Crippen molar-refractivity contribution in [2.24, 2.45) is 0 Å². The van der Waals surface area contributed by atoms with Gasteiger partial charge >= 0.3 is 187 Å². The van der Waals surface area contributed by atoms with Gasteiger partial charge in [-0.3, -0.25) is 0 Å². The summed E-state index contributed by atoms with van der Waals surface area (Å²) in [5, 5.41) is 0. The van der Waals surface area contributed by atoms with Gasteiger partial charge in [-0.15, -0.1) is 0 Å². The van der Waals surface area contributed by atoms with Gasteiger partial charge in [0.1, 0.15) is 0 Å². The van der Waals surface area contributed by atoms with Gasteiger partial charge in [0.2, 0.25) is 0 Å². The molecule has 100 valence electrons. The topological polar surface area (TPSA) is 256 Å². The molecule has 0 aromatic carbocycles. The molecule has 15 heavy (non-hydrogen) atoms. The molecule has 0 atom stereocenters. The van der Waals surface area contributed by atoms with Crippen molar-refractivity contribution in [2.45, 2.75) is 0 Å². The fourth-order valence-corrected chi connectivity index (χ4v) is 0. The molecule has 0 heterocycles. The molecule has 0 rings (SSSR count). The van der Waals surface area contributed by atoms with Crippen LogP contribution in [0.5, 0.6) is 0 Å². The van der Waals surface area contributed by atoms with Crippen molar-refractivity contribution in [3.63, 3.8) is 0 Å². The predicted octanol–water partition coefficient (Wildman–Crippen LogP) is -1.83. The second-order valence-electron chi connectivity index (χ2n) is 0. The summed E-state index contributed by atoms with van der Waals surface area (Å²) in [6.07, 6.45) is 0. The molecule has 15 heteroatoms.